The van der Waals surface area contributed by atoms with Crippen molar-refractivity contribution in [1.82, 2.24) is 15.2 Å². The first-order valence-electron chi connectivity index (χ1n) is 11.7. The van der Waals surface area contributed by atoms with Crippen molar-refractivity contribution < 1.29 is 9.21 Å². The summed E-state index contributed by atoms with van der Waals surface area (Å²) in [5.41, 5.74) is 0.664. The Morgan fingerprint density at radius 2 is 1.87 bits per heavy atom. The number of pyridine rings is 1. The zero-order valence-electron chi connectivity index (χ0n) is 18.5. The number of carbonyl (C=O) groups is 1. The number of aromatic nitrogens is 1. The van der Waals surface area contributed by atoms with Crippen LogP contribution in [-0.4, -0.2) is 29.4 Å². The number of amides is 1. The van der Waals surface area contributed by atoms with Gasteiger partial charge < -0.3 is 14.7 Å². The maximum atomic E-state index is 12.7. The molecule has 31 heavy (non-hydrogen) atoms. The lowest BCUT2D eigenvalue weighted by atomic mass is 9.52. The molecule has 6 heteroatoms. The third-order valence-corrected chi connectivity index (χ3v) is 8.17. The number of nitrogens with zero attached hydrogens (tertiary/aromatic N) is 1. The first kappa shape index (κ1) is 20.6. The zero-order valence-corrected chi connectivity index (χ0v) is 18.5. The fraction of sp³-hybridized carbons (Fsp3) is 0.600. The van der Waals surface area contributed by atoms with Crippen molar-refractivity contribution in [3.05, 3.63) is 57.9 Å². The summed E-state index contributed by atoms with van der Waals surface area (Å²) in [4.78, 5) is 30.3. The summed E-state index contributed by atoms with van der Waals surface area (Å²) in [7, 11) is 1.98. The average Bonchev–Trinajstić information content (AvgIpc) is 3.27. The molecule has 2 aromatic heterocycles. The van der Waals surface area contributed by atoms with Crippen molar-refractivity contribution in [3.63, 3.8) is 0 Å². The maximum Gasteiger partial charge on any atom is 0.261 e. The van der Waals surface area contributed by atoms with Gasteiger partial charge in [0.15, 0.2) is 0 Å². The molecule has 1 atom stereocenters. The Kier molecular flexibility index (Phi) is 5.51. The van der Waals surface area contributed by atoms with E-state index in [1.54, 1.807) is 12.3 Å². The second kappa shape index (κ2) is 8.30. The third-order valence-electron chi connectivity index (χ3n) is 8.17. The number of hydrogen-bond acceptors (Lipinski definition) is 4. The summed E-state index contributed by atoms with van der Waals surface area (Å²) in [6.45, 7) is 3.33. The fourth-order valence-corrected chi connectivity index (χ4v) is 6.61. The van der Waals surface area contributed by atoms with Crippen molar-refractivity contribution >= 4 is 5.91 Å². The Hall–Kier alpha value is -2.34. The highest BCUT2D eigenvalue weighted by molar-refractivity contribution is 5.93. The topological polar surface area (TPSA) is 78.3 Å². The van der Waals surface area contributed by atoms with E-state index in [1.807, 2.05) is 25.2 Å². The van der Waals surface area contributed by atoms with Crippen LogP contribution in [0.5, 0.6) is 0 Å². The van der Waals surface area contributed by atoms with Crippen LogP contribution in [0, 0.1) is 29.6 Å². The zero-order chi connectivity index (χ0) is 21.5. The SMILES string of the molecule is CC(c1ccco1)N(C)Cc1ccc(C(=O)NCC2C3CC4CC(C3)CC2C4)c(=O)[nH]1. The summed E-state index contributed by atoms with van der Waals surface area (Å²) in [5, 5.41) is 3.08. The van der Waals surface area contributed by atoms with E-state index in [0.717, 1.165) is 35.1 Å². The van der Waals surface area contributed by atoms with Crippen LogP contribution in [0.25, 0.3) is 0 Å². The van der Waals surface area contributed by atoms with Gasteiger partial charge in [-0.2, -0.15) is 0 Å². The number of H-pyrrole nitrogens is 1. The molecular formula is C25H33N3O3. The standard InChI is InChI=1S/C25H33N3O3/c1-15(23-4-3-7-31-23)28(2)14-20-5-6-21(25(30)27-20)24(29)26-13-22-18-9-16-8-17(11-18)12-19(22)10-16/h3-7,15-19,22H,8-14H2,1-2H3,(H,26,29)(H,27,30). The average molecular weight is 424 g/mol. The van der Waals surface area contributed by atoms with Gasteiger partial charge in [0.25, 0.3) is 11.5 Å². The first-order chi connectivity index (χ1) is 15.0. The van der Waals surface area contributed by atoms with Gasteiger partial charge in [0.2, 0.25) is 0 Å². The molecule has 2 heterocycles. The normalized spacial score (nSPS) is 30.0. The second-order valence-electron chi connectivity index (χ2n) is 10.1. The van der Waals surface area contributed by atoms with Gasteiger partial charge in [-0.05, 0) is 99.9 Å². The molecule has 0 radical (unpaired) electrons. The van der Waals surface area contributed by atoms with E-state index in [2.05, 4.69) is 22.1 Å². The first-order valence-corrected chi connectivity index (χ1v) is 11.7. The Bertz CT molecular complexity index is 952. The predicted octanol–water partition coefficient (Wildman–Crippen LogP) is 3.96. The minimum atomic E-state index is -0.320. The lowest BCUT2D eigenvalue weighted by molar-refractivity contribution is -0.0347. The van der Waals surface area contributed by atoms with E-state index in [-0.39, 0.29) is 23.1 Å². The molecule has 2 aromatic rings. The molecule has 4 bridgehead atoms. The van der Waals surface area contributed by atoms with Gasteiger partial charge in [-0.1, -0.05) is 0 Å². The monoisotopic (exact) mass is 423 g/mol. The van der Waals surface area contributed by atoms with E-state index in [1.165, 1.54) is 32.1 Å². The van der Waals surface area contributed by atoms with Crippen LogP contribution < -0.4 is 10.9 Å². The molecule has 4 saturated carbocycles. The number of nitrogens with one attached hydrogen (secondary N) is 2. The smallest absolute Gasteiger partial charge is 0.261 e. The van der Waals surface area contributed by atoms with Gasteiger partial charge in [0.1, 0.15) is 11.3 Å². The predicted molar refractivity (Wildman–Crippen MR) is 119 cm³/mol. The van der Waals surface area contributed by atoms with Crippen LogP contribution in [0.15, 0.2) is 39.7 Å². The molecule has 0 saturated heterocycles. The Morgan fingerprint density at radius 3 is 2.48 bits per heavy atom. The van der Waals surface area contributed by atoms with Gasteiger partial charge in [-0.3, -0.25) is 14.5 Å². The summed E-state index contributed by atoms with van der Waals surface area (Å²) < 4.78 is 5.47. The maximum absolute atomic E-state index is 12.7. The minimum Gasteiger partial charge on any atom is -0.468 e. The summed E-state index contributed by atoms with van der Waals surface area (Å²) in [6.07, 6.45) is 8.46. The largest absolute Gasteiger partial charge is 0.468 e. The minimum absolute atomic E-state index is 0.0856. The van der Waals surface area contributed by atoms with E-state index in [4.69, 9.17) is 4.42 Å². The van der Waals surface area contributed by atoms with Crippen molar-refractivity contribution in [2.45, 2.75) is 51.6 Å². The van der Waals surface area contributed by atoms with E-state index in [0.29, 0.717) is 19.0 Å². The fourth-order valence-electron chi connectivity index (χ4n) is 6.61. The number of rotatable bonds is 7. The van der Waals surface area contributed by atoms with Gasteiger partial charge in [-0.25, -0.2) is 0 Å². The van der Waals surface area contributed by atoms with Crippen molar-refractivity contribution in [3.8, 4) is 0 Å². The third kappa shape index (κ3) is 4.10. The molecule has 6 nitrogen and oxygen atoms in total. The Morgan fingerprint density at radius 1 is 1.16 bits per heavy atom. The molecule has 0 aromatic carbocycles. The van der Waals surface area contributed by atoms with Crippen LogP contribution in [-0.2, 0) is 6.54 Å². The number of carbonyl (C=O) groups excluding carboxylic acids is 1. The van der Waals surface area contributed by atoms with Crippen molar-refractivity contribution in [2.24, 2.45) is 29.6 Å². The number of aromatic amines is 1. The molecule has 0 aliphatic heterocycles. The molecule has 1 amide bonds. The van der Waals surface area contributed by atoms with Crippen molar-refractivity contribution in [2.75, 3.05) is 13.6 Å². The summed E-state index contributed by atoms with van der Waals surface area (Å²) >= 11 is 0. The van der Waals surface area contributed by atoms with Crippen LogP contribution in [0.1, 0.15) is 66.9 Å². The Labute approximate surface area is 183 Å². The molecule has 6 rings (SSSR count). The molecule has 0 spiro atoms. The molecule has 4 aliphatic rings. The van der Waals surface area contributed by atoms with Crippen molar-refractivity contribution in [1.29, 1.82) is 0 Å². The highest BCUT2D eigenvalue weighted by Crippen LogP contribution is 2.56. The van der Waals surface area contributed by atoms with Gasteiger partial charge >= 0.3 is 0 Å². The van der Waals surface area contributed by atoms with E-state index < -0.39 is 0 Å². The molecule has 1 unspecified atom stereocenters. The highest BCUT2D eigenvalue weighted by Gasteiger charge is 2.47. The number of hydrogen-bond donors (Lipinski definition) is 2. The van der Waals surface area contributed by atoms with Gasteiger partial charge in [0.05, 0.1) is 12.3 Å². The van der Waals surface area contributed by atoms with Crippen LogP contribution >= 0.6 is 0 Å². The van der Waals surface area contributed by atoms with Crippen LogP contribution in [0.4, 0.5) is 0 Å². The quantitative estimate of drug-likeness (QED) is 0.707. The molecule has 2 N–H and O–H groups in total. The molecule has 166 valence electrons. The van der Waals surface area contributed by atoms with E-state index in [9.17, 15) is 9.59 Å². The van der Waals surface area contributed by atoms with Gasteiger partial charge in [0, 0.05) is 18.8 Å². The second-order valence-corrected chi connectivity index (χ2v) is 10.1. The van der Waals surface area contributed by atoms with Crippen LogP contribution in [0.3, 0.4) is 0 Å². The van der Waals surface area contributed by atoms with E-state index >= 15 is 0 Å². The molecule has 4 aliphatic carbocycles. The highest BCUT2D eigenvalue weighted by atomic mass is 16.3. The molecule has 4 fully saturated rings. The Balaban J connectivity index is 1.19. The number of furan rings is 1. The summed E-state index contributed by atoms with van der Waals surface area (Å²) in [6, 6.07) is 7.40. The van der Waals surface area contributed by atoms with Crippen LogP contribution in [0.2, 0.25) is 0 Å². The lowest BCUT2D eigenvalue weighted by Gasteiger charge is -2.54. The lowest BCUT2D eigenvalue weighted by Crippen LogP contribution is -2.49. The summed E-state index contributed by atoms with van der Waals surface area (Å²) in [5.74, 6) is 4.61. The molecular weight excluding hydrogens is 390 g/mol. The van der Waals surface area contributed by atoms with Gasteiger partial charge in [-0.15, -0.1) is 0 Å².